The van der Waals surface area contributed by atoms with E-state index in [4.69, 9.17) is 9.72 Å². The Labute approximate surface area is 232 Å². The van der Waals surface area contributed by atoms with Gasteiger partial charge in [0.05, 0.1) is 18.3 Å². The van der Waals surface area contributed by atoms with Gasteiger partial charge in [0.2, 0.25) is 0 Å². The number of aromatic nitrogens is 4. The Bertz CT molecular complexity index is 1650. The summed E-state index contributed by atoms with van der Waals surface area (Å²) >= 11 is 0. The Kier molecular flexibility index (Phi) is 7.59. The van der Waals surface area contributed by atoms with E-state index in [0.29, 0.717) is 46.6 Å². The van der Waals surface area contributed by atoms with Crippen molar-refractivity contribution < 1.29 is 13.7 Å². The predicted molar refractivity (Wildman–Crippen MR) is 151 cm³/mol. The number of hydrogen-bond acceptors (Lipinski definition) is 6. The van der Waals surface area contributed by atoms with Crippen molar-refractivity contribution >= 4 is 0 Å². The zero-order valence-corrected chi connectivity index (χ0v) is 23.6. The van der Waals surface area contributed by atoms with Crippen LogP contribution in [0.25, 0.3) is 22.5 Å². The second-order valence-corrected chi connectivity index (χ2v) is 11.5. The molecule has 2 aromatic carbocycles. The van der Waals surface area contributed by atoms with E-state index in [0.717, 1.165) is 18.5 Å². The lowest BCUT2D eigenvalue weighted by atomic mass is 9.90. The van der Waals surface area contributed by atoms with Gasteiger partial charge < -0.3 is 4.74 Å². The molecule has 1 aliphatic heterocycles. The molecular formula is C31H35FN4O4. The van der Waals surface area contributed by atoms with E-state index in [9.17, 15) is 9.59 Å². The van der Waals surface area contributed by atoms with Gasteiger partial charge in [-0.05, 0) is 47.9 Å². The summed E-state index contributed by atoms with van der Waals surface area (Å²) in [7, 11) is 0. The third kappa shape index (κ3) is 5.70. The summed E-state index contributed by atoms with van der Waals surface area (Å²) in [5.41, 5.74) is 3.45. The largest absolute Gasteiger partial charge is 0.439 e. The summed E-state index contributed by atoms with van der Waals surface area (Å²) < 4.78 is 27.8. The molecule has 4 aromatic rings. The quantitative estimate of drug-likeness (QED) is 0.280. The highest BCUT2D eigenvalue weighted by Gasteiger charge is 2.47. The summed E-state index contributed by atoms with van der Waals surface area (Å²) in [6.07, 6.45) is 2.71. The van der Waals surface area contributed by atoms with Crippen LogP contribution < -0.4 is 11.3 Å². The molecular weight excluding hydrogens is 511 g/mol. The Hall–Kier alpha value is -3.85. The minimum atomic E-state index is -0.662. The number of epoxide rings is 1. The molecule has 9 heteroatoms. The molecule has 0 radical (unpaired) electrons. The number of rotatable bonds is 9. The van der Waals surface area contributed by atoms with Gasteiger partial charge in [-0.1, -0.05) is 75.7 Å². The van der Waals surface area contributed by atoms with Crippen LogP contribution >= 0.6 is 0 Å². The maximum atomic E-state index is 15.6. The van der Waals surface area contributed by atoms with Crippen LogP contribution in [0.1, 0.15) is 63.2 Å². The van der Waals surface area contributed by atoms with E-state index >= 15 is 4.39 Å². The molecule has 2 atom stereocenters. The van der Waals surface area contributed by atoms with Gasteiger partial charge >= 0.3 is 5.76 Å². The van der Waals surface area contributed by atoms with Gasteiger partial charge in [0.15, 0.2) is 5.82 Å². The molecule has 5 rings (SSSR count). The van der Waals surface area contributed by atoms with Crippen molar-refractivity contribution in [1.82, 2.24) is 19.7 Å². The molecule has 1 saturated heterocycles. The van der Waals surface area contributed by atoms with E-state index in [2.05, 4.69) is 42.4 Å². The highest BCUT2D eigenvalue weighted by molar-refractivity contribution is 5.80. The summed E-state index contributed by atoms with van der Waals surface area (Å²) in [6.45, 7) is 10.8. The number of aromatic amines is 1. The lowest BCUT2D eigenvalue weighted by molar-refractivity contribution is 0.258. The van der Waals surface area contributed by atoms with Crippen LogP contribution in [0.15, 0.2) is 56.6 Å². The van der Waals surface area contributed by atoms with Crippen LogP contribution in [-0.4, -0.2) is 31.9 Å². The summed E-state index contributed by atoms with van der Waals surface area (Å²) in [6, 6.07) is 12.2. The summed E-state index contributed by atoms with van der Waals surface area (Å²) in [5.74, 6) is -0.163. The number of nitrogens with one attached hydrogen (secondary N) is 1. The molecule has 40 heavy (non-hydrogen) atoms. The first kappa shape index (κ1) is 27.7. The third-order valence-electron chi connectivity index (χ3n) is 7.46. The van der Waals surface area contributed by atoms with Gasteiger partial charge in [0.25, 0.3) is 5.56 Å². The highest BCUT2D eigenvalue weighted by Crippen LogP contribution is 2.39. The highest BCUT2D eigenvalue weighted by atomic mass is 19.1. The summed E-state index contributed by atoms with van der Waals surface area (Å²) in [5, 5.41) is 3.78. The molecule has 0 aliphatic carbocycles. The SMILES string of the molecule is CCCCc1nc(C)n(CC2OC2C(C)(C)C)c(=O)c1Cc1ccc(-c2ccccc2-c2noc(=O)[nH]2)cc1F. The molecule has 1 aliphatic rings. The Morgan fingerprint density at radius 3 is 2.48 bits per heavy atom. The minimum Gasteiger partial charge on any atom is -0.367 e. The van der Waals surface area contributed by atoms with Gasteiger partial charge in [0.1, 0.15) is 17.7 Å². The molecule has 2 aromatic heterocycles. The van der Waals surface area contributed by atoms with Crippen LogP contribution in [0.2, 0.25) is 0 Å². The van der Waals surface area contributed by atoms with Crippen molar-refractivity contribution in [2.45, 2.75) is 79.1 Å². The van der Waals surface area contributed by atoms with Gasteiger partial charge in [-0.2, -0.15) is 0 Å². The lowest BCUT2D eigenvalue weighted by Crippen LogP contribution is -2.32. The minimum absolute atomic E-state index is 0.00796. The topological polar surface area (TPSA) is 106 Å². The maximum Gasteiger partial charge on any atom is 0.439 e. The average Bonchev–Trinajstić information content (AvgIpc) is 3.59. The molecule has 3 heterocycles. The van der Waals surface area contributed by atoms with Crippen molar-refractivity contribution in [2.24, 2.45) is 5.41 Å². The number of H-pyrrole nitrogens is 1. The van der Waals surface area contributed by atoms with Crippen LogP contribution in [0, 0.1) is 18.2 Å². The summed E-state index contributed by atoms with van der Waals surface area (Å²) in [4.78, 5) is 32.7. The van der Waals surface area contributed by atoms with Gasteiger partial charge in [0, 0.05) is 17.5 Å². The Morgan fingerprint density at radius 1 is 1.10 bits per heavy atom. The van der Waals surface area contributed by atoms with Crippen LogP contribution in [0.3, 0.4) is 0 Å². The van der Waals surface area contributed by atoms with Crippen molar-refractivity contribution in [3.63, 3.8) is 0 Å². The number of aryl methyl sites for hydroxylation is 2. The first-order valence-corrected chi connectivity index (χ1v) is 13.8. The van der Waals surface area contributed by atoms with Crippen molar-refractivity contribution in [2.75, 3.05) is 0 Å². The fraction of sp³-hybridized carbons (Fsp3) is 0.419. The van der Waals surface area contributed by atoms with Crippen LogP contribution in [0.4, 0.5) is 4.39 Å². The number of hydrogen-bond donors (Lipinski definition) is 1. The smallest absolute Gasteiger partial charge is 0.367 e. The zero-order chi connectivity index (χ0) is 28.6. The number of halogens is 1. The van der Waals surface area contributed by atoms with Gasteiger partial charge in [-0.15, -0.1) is 0 Å². The molecule has 0 spiro atoms. The molecule has 8 nitrogen and oxygen atoms in total. The molecule has 1 N–H and O–H groups in total. The normalized spacial score (nSPS) is 16.9. The molecule has 0 amide bonds. The first-order valence-electron chi connectivity index (χ1n) is 13.8. The van der Waals surface area contributed by atoms with Crippen molar-refractivity contribution in [3.05, 3.63) is 91.8 Å². The van der Waals surface area contributed by atoms with E-state index in [1.807, 2.05) is 25.1 Å². The molecule has 1 fully saturated rings. The molecule has 0 bridgehead atoms. The van der Waals surface area contributed by atoms with E-state index in [-0.39, 0.29) is 35.4 Å². The third-order valence-corrected chi connectivity index (χ3v) is 7.46. The van der Waals surface area contributed by atoms with Crippen LogP contribution in [-0.2, 0) is 24.1 Å². The number of unbranched alkanes of at least 4 members (excludes halogenated alkanes) is 1. The Morgan fingerprint density at radius 2 is 1.85 bits per heavy atom. The maximum absolute atomic E-state index is 15.6. The van der Waals surface area contributed by atoms with Gasteiger partial charge in [-0.25, -0.2) is 14.2 Å². The van der Waals surface area contributed by atoms with E-state index < -0.39 is 11.6 Å². The van der Waals surface area contributed by atoms with Crippen molar-refractivity contribution in [3.8, 4) is 22.5 Å². The van der Waals surface area contributed by atoms with E-state index in [1.165, 1.54) is 6.07 Å². The fourth-order valence-corrected chi connectivity index (χ4v) is 5.26. The molecule has 2 unspecified atom stereocenters. The monoisotopic (exact) mass is 546 g/mol. The second-order valence-electron chi connectivity index (χ2n) is 11.5. The fourth-order valence-electron chi connectivity index (χ4n) is 5.26. The van der Waals surface area contributed by atoms with Crippen LogP contribution in [0.5, 0.6) is 0 Å². The first-order chi connectivity index (χ1) is 19.1. The van der Waals surface area contributed by atoms with E-state index in [1.54, 1.807) is 22.8 Å². The molecule has 0 saturated carbocycles. The standard InChI is InChI=1S/C31H35FN4O4/c1-6-7-12-25-23(29(37)36(18(2)33-25)17-26-27(39-26)31(3,4)5)15-20-14-13-19(16-24(20)32)21-10-8-9-11-22(21)28-34-30(38)40-35-28/h8-11,13-14,16,26-27H,6-7,12,15,17H2,1-5H3,(H,34,35,38). The van der Waals surface area contributed by atoms with Crippen molar-refractivity contribution in [1.29, 1.82) is 0 Å². The number of ether oxygens (including phenoxy) is 1. The number of benzene rings is 2. The second kappa shape index (κ2) is 11.0. The predicted octanol–water partition coefficient (Wildman–Crippen LogP) is 5.45. The lowest BCUT2D eigenvalue weighted by Gasteiger charge is -2.17. The molecule has 210 valence electrons. The average molecular weight is 547 g/mol. The Balaban J connectivity index is 1.48. The number of nitrogens with zero attached hydrogens (tertiary/aromatic N) is 3. The van der Waals surface area contributed by atoms with Gasteiger partial charge in [-0.3, -0.25) is 18.9 Å². The zero-order valence-electron chi connectivity index (χ0n) is 23.6.